The van der Waals surface area contributed by atoms with Crippen LogP contribution in [0.2, 0.25) is 5.02 Å². The maximum absolute atomic E-state index is 12.8. The molecule has 25 heavy (non-hydrogen) atoms. The number of H-pyrrole nitrogens is 1. The summed E-state index contributed by atoms with van der Waals surface area (Å²) in [7, 11) is 1.79. The Balaban J connectivity index is 1.79. The number of hydrogen-bond acceptors (Lipinski definition) is 4. The van der Waals surface area contributed by atoms with Gasteiger partial charge in [-0.25, -0.2) is 0 Å². The second-order valence-electron chi connectivity index (χ2n) is 5.65. The fourth-order valence-electron chi connectivity index (χ4n) is 2.49. The number of thiophene rings is 1. The highest BCUT2D eigenvalue weighted by atomic mass is 35.5. The van der Waals surface area contributed by atoms with E-state index in [2.05, 4.69) is 10.2 Å². The van der Waals surface area contributed by atoms with Gasteiger partial charge >= 0.3 is 0 Å². The van der Waals surface area contributed by atoms with Crippen molar-refractivity contribution in [3.05, 3.63) is 57.1 Å². The predicted octanol–water partition coefficient (Wildman–Crippen LogP) is 4.54. The van der Waals surface area contributed by atoms with E-state index in [1.807, 2.05) is 48.7 Å². The van der Waals surface area contributed by atoms with Crippen LogP contribution < -0.4 is 0 Å². The zero-order chi connectivity index (χ0) is 18.0. The van der Waals surface area contributed by atoms with Gasteiger partial charge in [0.05, 0.1) is 10.9 Å². The molecule has 0 bridgehead atoms. The second kappa shape index (κ2) is 7.51. The second-order valence-corrected chi connectivity index (χ2v) is 7.42. The van der Waals surface area contributed by atoms with Crippen LogP contribution in [0, 0.1) is 4.77 Å². The topological polar surface area (TPSA) is 53.9 Å². The Bertz CT molecular complexity index is 915. The molecule has 5 nitrogen and oxygen atoms in total. The molecule has 0 saturated carbocycles. The van der Waals surface area contributed by atoms with E-state index in [-0.39, 0.29) is 18.5 Å². The smallest absolute Gasteiger partial charge is 0.242 e. The van der Waals surface area contributed by atoms with Gasteiger partial charge in [-0.1, -0.05) is 29.8 Å². The summed E-state index contributed by atoms with van der Waals surface area (Å²) in [4.78, 5) is 15.4. The number of carbonyl (C=O) groups excluding carboxylic acids is 1. The van der Waals surface area contributed by atoms with Crippen molar-refractivity contribution in [1.82, 2.24) is 19.7 Å². The summed E-state index contributed by atoms with van der Waals surface area (Å²) >= 11 is 12.8. The van der Waals surface area contributed by atoms with E-state index in [1.165, 1.54) is 0 Å². The molecule has 2 aromatic heterocycles. The Labute approximate surface area is 159 Å². The van der Waals surface area contributed by atoms with Gasteiger partial charge in [-0.2, -0.15) is 5.10 Å². The number of hydrogen-bond donors (Lipinski definition) is 1. The molecule has 3 aromatic rings. The lowest BCUT2D eigenvalue weighted by Gasteiger charge is -2.25. The largest absolute Gasteiger partial charge is 0.337 e. The van der Waals surface area contributed by atoms with Crippen molar-refractivity contribution in [3.8, 4) is 10.7 Å². The lowest BCUT2D eigenvalue weighted by atomic mass is 10.1. The summed E-state index contributed by atoms with van der Waals surface area (Å²) in [6.45, 7) is 2.12. The minimum Gasteiger partial charge on any atom is -0.337 e. The van der Waals surface area contributed by atoms with E-state index >= 15 is 0 Å². The maximum Gasteiger partial charge on any atom is 0.242 e. The SMILES string of the molecule is CC(c1ccc(Cl)cc1)N(C)C(=O)Cn1c(-c2cccs2)n[nH]c1=S. The number of aromatic amines is 1. The molecule has 1 aromatic carbocycles. The summed E-state index contributed by atoms with van der Waals surface area (Å²) < 4.78 is 2.17. The molecule has 3 rings (SSSR count). The number of aromatic nitrogens is 3. The zero-order valence-electron chi connectivity index (χ0n) is 13.8. The van der Waals surface area contributed by atoms with Crippen LogP contribution in [0.1, 0.15) is 18.5 Å². The molecule has 1 unspecified atom stereocenters. The van der Waals surface area contributed by atoms with Crippen molar-refractivity contribution in [2.75, 3.05) is 7.05 Å². The van der Waals surface area contributed by atoms with Gasteiger partial charge in [0.15, 0.2) is 10.6 Å². The van der Waals surface area contributed by atoms with Crippen LogP contribution in [0.3, 0.4) is 0 Å². The minimum absolute atomic E-state index is 0.0437. The number of nitrogens with one attached hydrogen (secondary N) is 1. The molecule has 0 aliphatic rings. The molecule has 8 heteroatoms. The van der Waals surface area contributed by atoms with Crippen molar-refractivity contribution < 1.29 is 4.79 Å². The molecule has 0 saturated heterocycles. The highest BCUT2D eigenvalue weighted by Crippen LogP contribution is 2.24. The minimum atomic E-state index is -0.0731. The zero-order valence-corrected chi connectivity index (χ0v) is 16.2. The van der Waals surface area contributed by atoms with Gasteiger partial charge in [-0.3, -0.25) is 14.5 Å². The monoisotopic (exact) mass is 392 g/mol. The van der Waals surface area contributed by atoms with Gasteiger partial charge in [0, 0.05) is 12.1 Å². The molecule has 1 N–H and O–H groups in total. The molecule has 1 atom stereocenters. The van der Waals surface area contributed by atoms with Crippen molar-refractivity contribution in [1.29, 1.82) is 0 Å². The molecule has 0 aliphatic carbocycles. The lowest BCUT2D eigenvalue weighted by Crippen LogP contribution is -2.32. The first-order chi connectivity index (χ1) is 12.0. The fraction of sp³-hybridized carbons (Fsp3) is 0.235. The molecule has 0 spiro atoms. The molecule has 0 radical (unpaired) electrons. The Kier molecular flexibility index (Phi) is 5.36. The number of halogens is 1. The van der Waals surface area contributed by atoms with Crippen molar-refractivity contribution >= 4 is 41.1 Å². The summed E-state index contributed by atoms with van der Waals surface area (Å²) in [5, 5.41) is 9.67. The number of amides is 1. The van der Waals surface area contributed by atoms with Crippen molar-refractivity contribution in [3.63, 3.8) is 0 Å². The predicted molar refractivity (Wildman–Crippen MR) is 103 cm³/mol. The highest BCUT2D eigenvalue weighted by Gasteiger charge is 2.20. The van der Waals surface area contributed by atoms with Gasteiger partial charge in [0.1, 0.15) is 6.54 Å². The van der Waals surface area contributed by atoms with Gasteiger partial charge in [-0.05, 0) is 48.3 Å². The summed E-state index contributed by atoms with van der Waals surface area (Å²) in [5.41, 5.74) is 1.02. The van der Waals surface area contributed by atoms with Gasteiger partial charge in [0.2, 0.25) is 5.91 Å². The van der Waals surface area contributed by atoms with E-state index in [1.54, 1.807) is 27.9 Å². The Morgan fingerprint density at radius 3 is 2.76 bits per heavy atom. The van der Waals surface area contributed by atoms with Crippen LogP contribution in [0.5, 0.6) is 0 Å². The molecule has 0 fully saturated rings. The van der Waals surface area contributed by atoms with Crippen LogP contribution in [-0.2, 0) is 11.3 Å². The molecule has 0 aliphatic heterocycles. The first-order valence-electron chi connectivity index (χ1n) is 7.67. The highest BCUT2D eigenvalue weighted by molar-refractivity contribution is 7.71. The third kappa shape index (κ3) is 3.84. The summed E-state index contributed by atoms with van der Waals surface area (Å²) in [6.07, 6.45) is 0. The van der Waals surface area contributed by atoms with Crippen LogP contribution in [0.4, 0.5) is 0 Å². The number of nitrogens with zero attached hydrogens (tertiary/aromatic N) is 3. The van der Waals surface area contributed by atoms with Gasteiger partial charge in [0.25, 0.3) is 0 Å². The fourth-order valence-corrected chi connectivity index (χ4v) is 3.53. The standard InChI is InChI=1S/C17H17ClN4OS2/c1-11(12-5-7-13(18)8-6-12)21(2)15(23)10-22-16(19-20-17(22)24)14-4-3-9-25-14/h3-9,11H,10H2,1-2H3,(H,20,24). The third-order valence-corrected chi connectivity index (χ3v) is 5.55. The van der Waals surface area contributed by atoms with Crippen molar-refractivity contribution in [2.45, 2.75) is 19.5 Å². The average molecular weight is 393 g/mol. The number of benzene rings is 1. The van der Waals surface area contributed by atoms with Crippen LogP contribution in [0.25, 0.3) is 10.7 Å². The molecular weight excluding hydrogens is 376 g/mol. The Morgan fingerprint density at radius 2 is 2.12 bits per heavy atom. The van der Waals surface area contributed by atoms with Crippen molar-refractivity contribution in [2.24, 2.45) is 0 Å². The summed E-state index contributed by atoms with van der Waals surface area (Å²) in [5.74, 6) is 0.638. The number of carbonyl (C=O) groups is 1. The lowest BCUT2D eigenvalue weighted by molar-refractivity contribution is -0.132. The van der Waals surface area contributed by atoms with E-state index in [0.29, 0.717) is 15.6 Å². The number of likely N-dealkylation sites (N-methyl/N-ethyl adjacent to an activating group) is 1. The first-order valence-corrected chi connectivity index (χ1v) is 9.34. The quantitative estimate of drug-likeness (QED) is 0.648. The Morgan fingerprint density at radius 1 is 1.40 bits per heavy atom. The van der Waals surface area contributed by atoms with E-state index in [4.69, 9.17) is 23.8 Å². The van der Waals surface area contributed by atoms with Crippen LogP contribution in [-0.4, -0.2) is 32.6 Å². The van der Waals surface area contributed by atoms with Crippen LogP contribution in [0.15, 0.2) is 41.8 Å². The first kappa shape index (κ1) is 17.8. The molecule has 1 amide bonds. The number of rotatable bonds is 5. The van der Waals surface area contributed by atoms with Gasteiger partial charge in [-0.15, -0.1) is 11.3 Å². The average Bonchev–Trinajstić information content (AvgIpc) is 3.25. The third-order valence-electron chi connectivity index (χ3n) is 4.12. The van der Waals surface area contributed by atoms with Gasteiger partial charge < -0.3 is 4.90 Å². The Hall–Kier alpha value is -1.96. The maximum atomic E-state index is 12.8. The summed E-state index contributed by atoms with van der Waals surface area (Å²) in [6, 6.07) is 11.3. The molecule has 130 valence electrons. The normalized spacial score (nSPS) is 12.1. The molecule has 2 heterocycles. The van der Waals surface area contributed by atoms with Crippen LogP contribution >= 0.6 is 35.2 Å². The van der Waals surface area contributed by atoms with E-state index < -0.39 is 0 Å². The molecular formula is C17H17ClN4OS2. The van der Waals surface area contributed by atoms with E-state index in [9.17, 15) is 4.79 Å². The van der Waals surface area contributed by atoms with E-state index in [0.717, 1.165) is 10.4 Å².